The molecule has 2 rings (SSSR count). The molecule has 0 aliphatic heterocycles. The van der Waals surface area contributed by atoms with Crippen LogP contribution in [0.3, 0.4) is 0 Å². The number of carbonyl (C=O) groups is 1. The van der Waals surface area contributed by atoms with Crippen LogP contribution >= 0.6 is 0 Å². The molecule has 1 amide bonds. The normalized spacial score (nSPS) is 20.9. The van der Waals surface area contributed by atoms with Crippen molar-refractivity contribution in [2.75, 3.05) is 6.54 Å². The average molecular weight is 319 g/mol. The first-order valence-electron chi connectivity index (χ1n) is 8.33. The Morgan fingerprint density at radius 3 is 2.65 bits per heavy atom. The van der Waals surface area contributed by atoms with Gasteiger partial charge in [0.25, 0.3) is 5.69 Å². The average Bonchev–Trinajstić information content (AvgIpc) is 2.54. The molecule has 6 nitrogen and oxygen atoms in total. The Kier molecular flexibility index (Phi) is 6.52. The maximum Gasteiger partial charge on any atom is 0.269 e. The second-order valence-electron chi connectivity index (χ2n) is 6.30. The number of non-ortho nitro benzene ring substituents is 1. The third kappa shape index (κ3) is 5.63. The van der Waals surface area contributed by atoms with Crippen LogP contribution in [0.1, 0.15) is 44.1 Å². The summed E-state index contributed by atoms with van der Waals surface area (Å²) >= 11 is 0. The molecule has 1 aromatic carbocycles. The van der Waals surface area contributed by atoms with Crippen molar-refractivity contribution in [2.24, 2.45) is 11.7 Å². The van der Waals surface area contributed by atoms with E-state index in [0.717, 1.165) is 50.5 Å². The molecule has 0 heterocycles. The van der Waals surface area contributed by atoms with Gasteiger partial charge in [-0.05, 0) is 44.1 Å². The van der Waals surface area contributed by atoms with Gasteiger partial charge in [0.2, 0.25) is 5.91 Å². The Labute approximate surface area is 136 Å². The first-order chi connectivity index (χ1) is 11.1. The number of nitrogens with one attached hydrogen (secondary N) is 1. The number of unbranched alkanes of at least 4 members (excludes halogenated alkanes) is 1. The number of aryl methyl sites for hydroxylation is 1. The fraction of sp³-hybridized carbons (Fsp3) is 0.588. The predicted octanol–water partition coefficient (Wildman–Crippen LogP) is 2.55. The monoisotopic (exact) mass is 319 g/mol. The van der Waals surface area contributed by atoms with Crippen LogP contribution < -0.4 is 11.1 Å². The molecule has 2 atom stereocenters. The van der Waals surface area contributed by atoms with Crippen LogP contribution in [0, 0.1) is 16.0 Å². The zero-order valence-corrected chi connectivity index (χ0v) is 13.4. The van der Waals surface area contributed by atoms with E-state index in [4.69, 9.17) is 5.73 Å². The molecule has 6 heteroatoms. The fourth-order valence-corrected chi connectivity index (χ4v) is 3.06. The van der Waals surface area contributed by atoms with E-state index in [1.807, 2.05) is 0 Å². The summed E-state index contributed by atoms with van der Waals surface area (Å²) in [6.45, 7) is 0.678. The van der Waals surface area contributed by atoms with Crippen LogP contribution in [0.2, 0.25) is 0 Å². The molecule has 0 radical (unpaired) electrons. The molecule has 0 spiro atoms. The lowest BCUT2D eigenvalue weighted by atomic mass is 9.85. The molecule has 1 aliphatic rings. The van der Waals surface area contributed by atoms with Gasteiger partial charge in [0.05, 0.1) is 4.92 Å². The number of carbonyl (C=O) groups excluding carboxylic acids is 1. The summed E-state index contributed by atoms with van der Waals surface area (Å²) in [5, 5.41) is 13.6. The van der Waals surface area contributed by atoms with E-state index in [1.54, 1.807) is 12.1 Å². The summed E-state index contributed by atoms with van der Waals surface area (Å²) < 4.78 is 0. The summed E-state index contributed by atoms with van der Waals surface area (Å²) in [4.78, 5) is 22.2. The maximum atomic E-state index is 12.0. The second-order valence-corrected chi connectivity index (χ2v) is 6.30. The van der Waals surface area contributed by atoms with Crippen molar-refractivity contribution in [3.63, 3.8) is 0 Å². The molecular weight excluding hydrogens is 294 g/mol. The highest BCUT2D eigenvalue weighted by molar-refractivity contribution is 5.78. The Balaban J connectivity index is 1.61. The number of nitro groups is 1. The van der Waals surface area contributed by atoms with Crippen molar-refractivity contribution in [1.29, 1.82) is 0 Å². The number of nitrogens with zero attached hydrogens (tertiary/aromatic N) is 1. The zero-order chi connectivity index (χ0) is 16.7. The molecule has 23 heavy (non-hydrogen) atoms. The van der Waals surface area contributed by atoms with Crippen molar-refractivity contribution in [2.45, 2.75) is 51.0 Å². The van der Waals surface area contributed by atoms with Gasteiger partial charge in [-0.3, -0.25) is 14.9 Å². The largest absolute Gasteiger partial charge is 0.356 e. The number of nitrogens with two attached hydrogens (primary N) is 1. The first kappa shape index (κ1) is 17.4. The lowest BCUT2D eigenvalue weighted by Gasteiger charge is -2.25. The summed E-state index contributed by atoms with van der Waals surface area (Å²) in [6.07, 6.45) is 6.53. The molecule has 0 bridgehead atoms. The van der Waals surface area contributed by atoms with Crippen molar-refractivity contribution in [3.05, 3.63) is 39.9 Å². The second kappa shape index (κ2) is 8.62. The van der Waals surface area contributed by atoms with Gasteiger partial charge in [-0.25, -0.2) is 0 Å². The van der Waals surface area contributed by atoms with Gasteiger partial charge in [-0.2, -0.15) is 0 Å². The van der Waals surface area contributed by atoms with Crippen LogP contribution in [-0.2, 0) is 11.2 Å². The lowest BCUT2D eigenvalue weighted by molar-refractivity contribution is -0.384. The summed E-state index contributed by atoms with van der Waals surface area (Å²) in [5.74, 6) is 0.212. The standard InChI is InChI=1S/C17H25N3O3/c18-15-6-3-5-14(12-15)17(21)19-11-2-1-4-13-7-9-16(10-8-13)20(22)23/h7-10,14-15H,1-6,11-12,18H2,(H,19,21). The van der Waals surface area contributed by atoms with Crippen molar-refractivity contribution in [1.82, 2.24) is 5.32 Å². The molecule has 0 aromatic heterocycles. The van der Waals surface area contributed by atoms with Crippen LogP contribution in [0.4, 0.5) is 5.69 Å². The van der Waals surface area contributed by atoms with E-state index in [-0.39, 0.29) is 23.6 Å². The number of amides is 1. The minimum Gasteiger partial charge on any atom is -0.356 e. The minimum absolute atomic E-state index is 0.0772. The number of nitro benzene ring substituents is 1. The highest BCUT2D eigenvalue weighted by Crippen LogP contribution is 2.23. The summed E-state index contributed by atoms with van der Waals surface area (Å²) in [5.41, 5.74) is 7.11. The van der Waals surface area contributed by atoms with E-state index in [0.29, 0.717) is 6.54 Å². The third-order valence-electron chi connectivity index (χ3n) is 4.42. The molecule has 0 saturated heterocycles. The third-order valence-corrected chi connectivity index (χ3v) is 4.42. The first-order valence-corrected chi connectivity index (χ1v) is 8.33. The van der Waals surface area contributed by atoms with Gasteiger partial charge in [0.15, 0.2) is 0 Å². The van der Waals surface area contributed by atoms with Crippen LogP contribution in [-0.4, -0.2) is 23.4 Å². The Morgan fingerprint density at radius 2 is 2.00 bits per heavy atom. The number of hydrogen-bond acceptors (Lipinski definition) is 4. The van der Waals surface area contributed by atoms with Gasteiger partial charge in [0.1, 0.15) is 0 Å². The SMILES string of the molecule is NC1CCCC(C(=O)NCCCCc2ccc([N+](=O)[O-])cc2)C1. The fourth-order valence-electron chi connectivity index (χ4n) is 3.06. The highest BCUT2D eigenvalue weighted by Gasteiger charge is 2.24. The smallest absolute Gasteiger partial charge is 0.269 e. The Bertz CT molecular complexity index is 530. The van der Waals surface area contributed by atoms with Crippen LogP contribution in [0.25, 0.3) is 0 Å². The number of rotatable bonds is 7. The van der Waals surface area contributed by atoms with Crippen LogP contribution in [0.5, 0.6) is 0 Å². The van der Waals surface area contributed by atoms with Crippen molar-refractivity contribution >= 4 is 11.6 Å². The predicted molar refractivity (Wildman–Crippen MR) is 89.0 cm³/mol. The van der Waals surface area contributed by atoms with E-state index in [1.165, 1.54) is 12.1 Å². The summed E-state index contributed by atoms with van der Waals surface area (Å²) in [7, 11) is 0. The molecule has 3 N–H and O–H groups in total. The number of hydrogen-bond donors (Lipinski definition) is 2. The van der Waals surface area contributed by atoms with E-state index < -0.39 is 4.92 Å². The van der Waals surface area contributed by atoms with Crippen LogP contribution in [0.15, 0.2) is 24.3 Å². The number of benzene rings is 1. The Hall–Kier alpha value is -1.95. The molecule has 2 unspecified atom stereocenters. The maximum absolute atomic E-state index is 12.0. The van der Waals surface area contributed by atoms with E-state index in [9.17, 15) is 14.9 Å². The molecule has 1 fully saturated rings. The zero-order valence-electron chi connectivity index (χ0n) is 13.4. The molecule has 1 saturated carbocycles. The highest BCUT2D eigenvalue weighted by atomic mass is 16.6. The molecule has 1 aliphatic carbocycles. The van der Waals surface area contributed by atoms with Gasteiger partial charge < -0.3 is 11.1 Å². The molecule has 1 aromatic rings. The van der Waals surface area contributed by atoms with E-state index in [2.05, 4.69) is 5.32 Å². The van der Waals surface area contributed by atoms with Crippen molar-refractivity contribution in [3.8, 4) is 0 Å². The van der Waals surface area contributed by atoms with Gasteiger partial charge in [-0.1, -0.05) is 18.6 Å². The topological polar surface area (TPSA) is 98.3 Å². The lowest BCUT2D eigenvalue weighted by Crippen LogP contribution is -2.38. The van der Waals surface area contributed by atoms with Gasteiger partial charge >= 0.3 is 0 Å². The summed E-state index contributed by atoms with van der Waals surface area (Å²) in [6, 6.07) is 6.81. The Morgan fingerprint density at radius 1 is 1.26 bits per heavy atom. The van der Waals surface area contributed by atoms with E-state index >= 15 is 0 Å². The van der Waals surface area contributed by atoms with Gasteiger partial charge in [0, 0.05) is 30.6 Å². The molecular formula is C17H25N3O3. The quantitative estimate of drug-likeness (QED) is 0.458. The van der Waals surface area contributed by atoms with Crippen molar-refractivity contribution < 1.29 is 9.72 Å². The van der Waals surface area contributed by atoms with Gasteiger partial charge in [-0.15, -0.1) is 0 Å². The molecule has 126 valence electrons. The minimum atomic E-state index is -0.392.